The summed E-state index contributed by atoms with van der Waals surface area (Å²) in [6, 6.07) is 5.12. The number of amides is 1. The van der Waals surface area contributed by atoms with Crippen molar-refractivity contribution in [1.29, 1.82) is 0 Å². The maximum atomic E-state index is 11.5. The van der Waals surface area contributed by atoms with Gasteiger partial charge < -0.3 is 16.2 Å². The van der Waals surface area contributed by atoms with Crippen LogP contribution in [0.5, 0.6) is 5.75 Å². The van der Waals surface area contributed by atoms with E-state index in [1.807, 2.05) is 24.8 Å². The number of hydrogen-bond donors (Lipinski definition) is 3. The number of rotatable bonds is 6. The molecular formula is C13H21N3O2. The van der Waals surface area contributed by atoms with Crippen LogP contribution in [0.3, 0.4) is 0 Å². The maximum absolute atomic E-state index is 11.5. The van der Waals surface area contributed by atoms with E-state index < -0.39 is 0 Å². The van der Waals surface area contributed by atoms with Crippen LogP contribution in [0.4, 0.5) is 5.69 Å². The largest absolute Gasteiger partial charge is 0.506 e. The number of nitrogens with zero attached hydrogens (tertiary/aromatic N) is 1. The third kappa shape index (κ3) is 4.25. The molecule has 0 fully saturated rings. The van der Waals surface area contributed by atoms with E-state index in [2.05, 4.69) is 5.32 Å². The van der Waals surface area contributed by atoms with Crippen molar-refractivity contribution in [2.45, 2.75) is 20.4 Å². The van der Waals surface area contributed by atoms with Gasteiger partial charge in [0.15, 0.2) is 0 Å². The van der Waals surface area contributed by atoms with Gasteiger partial charge >= 0.3 is 0 Å². The molecule has 1 aromatic rings. The highest BCUT2D eigenvalue weighted by Crippen LogP contribution is 2.21. The molecule has 0 saturated carbocycles. The summed E-state index contributed by atoms with van der Waals surface area (Å²) in [5.41, 5.74) is 6.98. The molecule has 0 atom stereocenters. The summed E-state index contributed by atoms with van der Waals surface area (Å²) < 4.78 is 0. The minimum Gasteiger partial charge on any atom is -0.506 e. The number of nitrogen functional groups attached to an aromatic ring is 1. The van der Waals surface area contributed by atoms with Gasteiger partial charge in [-0.3, -0.25) is 9.69 Å². The van der Waals surface area contributed by atoms with E-state index in [0.29, 0.717) is 25.3 Å². The summed E-state index contributed by atoms with van der Waals surface area (Å²) in [7, 11) is 0. The lowest BCUT2D eigenvalue weighted by Crippen LogP contribution is -2.36. The molecule has 5 nitrogen and oxygen atoms in total. The van der Waals surface area contributed by atoms with Gasteiger partial charge in [-0.05, 0) is 31.2 Å². The van der Waals surface area contributed by atoms with Crippen molar-refractivity contribution in [1.82, 2.24) is 10.2 Å². The van der Waals surface area contributed by atoms with E-state index in [0.717, 1.165) is 12.1 Å². The maximum Gasteiger partial charge on any atom is 0.234 e. The Hall–Kier alpha value is -1.75. The number of likely N-dealkylation sites (N-methyl/N-ethyl adjacent to an activating group) is 2. The lowest BCUT2D eigenvalue weighted by molar-refractivity contribution is -0.122. The van der Waals surface area contributed by atoms with Crippen molar-refractivity contribution >= 4 is 11.6 Å². The number of nitrogens with one attached hydrogen (secondary N) is 1. The Balaban J connectivity index is 2.62. The van der Waals surface area contributed by atoms with E-state index in [4.69, 9.17) is 5.73 Å². The number of aromatic hydroxyl groups is 1. The topological polar surface area (TPSA) is 78.6 Å². The molecule has 18 heavy (non-hydrogen) atoms. The number of carbonyl (C=O) groups is 1. The normalized spacial score (nSPS) is 10.6. The molecule has 1 amide bonds. The van der Waals surface area contributed by atoms with Crippen molar-refractivity contribution in [2.75, 3.05) is 25.4 Å². The highest BCUT2D eigenvalue weighted by atomic mass is 16.3. The summed E-state index contributed by atoms with van der Waals surface area (Å²) >= 11 is 0. The summed E-state index contributed by atoms with van der Waals surface area (Å²) in [6.07, 6.45) is 0. The van der Waals surface area contributed by atoms with Gasteiger partial charge in [0.25, 0.3) is 0 Å². The Morgan fingerprint density at radius 3 is 2.72 bits per heavy atom. The SMILES string of the molecule is CCNC(=O)CN(CC)Cc1ccc(O)c(N)c1. The highest BCUT2D eigenvalue weighted by Gasteiger charge is 2.09. The number of anilines is 1. The minimum atomic E-state index is 0.0195. The van der Waals surface area contributed by atoms with Crippen LogP contribution < -0.4 is 11.1 Å². The fourth-order valence-corrected chi connectivity index (χ4v) is 1.70. The van der Waals surface area contributed by atoms with Crippen LogP contribution in [0, 0.1) is 0 Å². The average molecular weight is 251 g/mol. The molecule has 1 rings (SSSR count). The van der Waals surface area contributed by atoms with Gasteiger partial charge in [0.2, 0.25) is 5.91 Å². The average Bonchev–Trinajstić information content (AvgIpc) is 2.33. The second-order valence-corrected chi connectivity index (χ2v) is 4.15. The summed E-state index contributed by atoms with van der Waals surface area (Å²) in [6.45, 7) is 6.32. The second-order valence-electron chi connectivity index (χ2n) is 4.15. The van der Waals surface area contributed by atoms with Crippen molar-refractivity contribution in [3.8, 4) is 5.75 Å². The van der Waals surface area contributed by atoms with Crippen molar-refractivity contribution in [3.63, 3.8) is 0 Å². The number of phenols is 1. The molecule has 1 aromatic carbocycles. The van der Waals surface area contributed by atoms with Gasteiger partial charge in [-0.15, -0.1) is 0 Å². The van der Waals surface area contributed by atoms with Crippen molar-refractivity contribution in [2.24, 2.45) is 0 Å². The third-order valence-electron chi connectivity index (χ3n) is 2.69. The first-order valence-electron chi connectivity index (χ1n) is 6.13. The summed E-state index contributed by atoms with van der Waals surface area (Å²) in [4.78, 5) is 13.5. The molecule has 0 aromatic heterocycles. The molecule has 0 saturated heterocycles. The zero-order valence-electron chi connectivity index (χ0n) is 10.9. The molecule has 0 unspecified atom stereocenters. The zero-order valence-corrected chi connectivity index (χ0v) is 10.9. The Labute approximate surface area is 108 Å². The van der Waals surface area contributed by atoms with Gasteiger partial charge in [-0.1, -0.05) is 13.0 Å². The Bertz CT molecular complexity index is 407. The zero-order chi connectivity index (χ0) is 13.5. The first-order chi connectivity index (χ1) is 8.56. The minimum absolute atomic E-state index is 0.0195. The standard InChI is InChI=1S/C13H21N3O2/c1-3-15-13(18)9-16(4-2)8-10-5-6-12(17)11(14)7-10/h5-7,17H,3-4,8-9,14H2,1-2H3,(H,15,18). The molecule has 0 aliphatic rings. The van der Waals surface area contributed by atoms with Gasteiger partial charge in [0.1, 0.15) is 5.75 Å². The first kappa shape index (κ1) is 14.3. The summed E-state index contributed by atoms with van der Waals surface area (Å²) in [5, 5.41) is 12.1. The molecule has 0 spiro atoms. The van der Waals surface area contributed by atoms with Crippen LogP contribution in [0.25, 0.3) is 0 Å². The Kier molecular flexibility index (Phi) is 5.45. The first-order valence-corrected chi connectivity index (χ1v) is 6.13. The number of benzene rings is 1. The van der Waals surface area contributed by atoms with Gasteiger partial charge in [-0.2, -0.15) is 0 Å². The smallest absolute Gasteiger partial charge is 0.234 e. The van der Waals surface area contributed by atoms with Crippen molar-refractivity contribution < 1.29 is 9.90 Å². The lowest BCUT2D eigenvalue weighted by Gasteiger charge is -2.20. The third-order valence-corrected chi connectivity index (χ3v) is 2.69. The molecule has 0 radical (unpaired) electrons. The molecule has 4 N–H and O–H groups in total. The van der Waals surface area contributed by atoms with Gasteiger partial charge in [0, 0.05) is 13.1 Å². The van der Waals surface area contributed by atoms with Crippen LogP contribution in [0.15, 0.2) is 18.2 Å². The summed E-state index contributed by atoms with van der Waals surface area (Å²) in [5.74, 6) is 0.108. The van der Waals surface area contributed by atoms with E-state index in [1.165, 1.54) is 0 Å². The second kappa shape index (κ2) is 6.86. The van der Waals surface area contributed by atoms with Crippen LogP contribution in [0.2, 0.25) is 0 Å². The molecule has 100 valence electrons. The van der Waals surface area contributed by atoms with Crippen LogP contribution in [0.1, 0.15) is 19.4 Å². The van der Waals surface area contributed by atoms with Crippen molar-refractivity contribution in [3.05, 3.63) is 23.8 Å². The monoisotopic (exact) mass is 251 g/mol. The fourth-order valence-electron chi connectivity index (χ4n) is 1.70. The molecule has 0 aliphatic carbocycles. The van der Waals surface area contributed by atoms with E-state index in [1.54, 1.807) is 12.1 Å². The fraction of sp³-hybridized carbons (Fsp3) is 0.462. The molecule has 0 heterocycles. The molecule has 5 heteroatoms. The van der Waals surface area contributed by atoms with E-state index >= 15 is 0 Å². The molecule has 0 aliphatic heterocycles. The Morgan fingerprint density at radius 2 is 2.17 bits per heavy atom. The molecule has 0 bridgehead atoms. The quantitative estimate of drug-likeness (QED) is 0.519. The van der Waals surface area contributed by atoms with Gasteiger partial charge in [-0.25, -0.2) is 0 Å². The van der Waals surface area contributed by atoms with E-state index in [-0.39, 0.29) is 11.7 Å². The van der Waals surface area contributed by atoms with Crippen LogP contribution >= 0.6 is 0 Å². The van der Waals surface area contributed by atoms with Gasteiger partial charge in [0.05, 0.1) is 12.2 Å². The number of hydrogen-bond acceptors (Lipinski definition) is 4. The number of phenolic OH excluding ortho intramolecular Hbond substituents is 1. The predicted octanol–water partition coefficient (Wildman–Crippen LogP) is 0.932. The van der Waals surface area contributed by atoms with Crippen LogP contribution in [-0.2, 0) is 11.3 Å². The number of carbonyl (C=O) groups excluding carboxylic acids is 1. The number of nitrogens with two attached hydrogens (primary N) is 1. The molecular weight excluding hydrogens is 230 g/mol. The highest BCUT2D eigenvalue weighted by molar-refractivity contribution is 5.77. The van der Waals surface area contributed by atoms with Crippen LogP contribution in [-0.4, -0.2) is 35.5 Å². The predicted molar refractivity (Wildman–Crippen MR) is 72.2 cm³/mol. The van der Waals surface area contributed by atoms with E-state index in [9.17, 15) is 9.90 Å². The Morgan fingerprint density at radius 1 is 1.44 bits per heavy atom. The lowest BCUT2D eigenvalue weighted by atomic mass is 10.1.